The Bertz CT molecular complexity index is 172. The molecule has 1 atom stereocenters. The van der Waals surface area contributed by atoms with Gasteiger partial charge in [-0.1, -0.05) is 71.6 Å². The number of unbranched alkanes of at least 4 members (excludes halogenated alkanes) is 5. The first kappa shape index (κ1) is 16.0. The van der Waals surface area contributed by atoms with E-state index in [0.717, 1.165) is 11.8 Å². The topological polar surface area (TPSA) is 12.0 Å². The lowest BCUT2D eigenvalue weighted by Crippen LogP contribution is -2.31. The normalized spacial score (nSPS) is 19.0. The first-order valence-electron chi connectivity index (χ1n) is 8.59. The lowest BCUT2D eigenvalue weighted by atomic mass is 9.79. The second-order valence-electron chi connectivity index (χ2n) is 6.19. The van der Waals surface area contributed by atoms with Crippen LogP contribution in [0.4, 0.5) is 0 Å². The van der Waals surface area contributed by atoms with Crippen molar-refractivity contribution in [1.82, 2.24) is 5.32 Å². The number of rotatable bonds is 10. The number of piperidine rings is 1. The number of nitrogens with one attached hydrogen (secondary N) is 1. The van der Waals surface area contributed by atoms with E-state index < -0.39 is 0 Å². The molecule has 18 heavy (non-hydrogen) atoms. The van der Waals surface area contributed by atoms with Crippen molar-refractivity contribution in [1.29, 1.82) is 0 Å². The van der Waals surface area contributed by atoms with Gasteiger partial charge in [-0.2, -0.15) is 0 Å². The van der Waals surface area contributed by atoms with Gasteiger partial charge >= 0.3 is 0 Å². The van der Waals surface area contributed by atoms with Gasteiger partial charge in [0.05, 0.1) is 0 Å². The van der Waals surface area contributed by atoms with Crippen LogP contribution in [0.25, 0.3) is 0 Å². The van der Waals surface area contributed by atoms with Crippen LogP contribution in [0.5, 0.6) is 0 Å². The van der Waals surface area contributed by atoms with E-state index >= 15 is 0 Å². The Labute approximate surface area is 115 Å². The molecule has 0 aromatic rings. The summed E-state index contributed by atoms with van der Waals surface area (Å²) < 4.78 is 0. The van der Waals surface area contributed by atoms with Crippen LogP contribution in [0.3, 0.4) is 0 Å². The van der Waals surface area contributed by atoms with Gasteiger partial charge in [0, 0.05) is 0 Å². The molecule has 0 bridgehead atoms. The standard InChI is InChI=1S/C17H35N/c1-3-5-7-9-11-16(10-8-6-4-2)17-12-14-18-15-13-17/h16-18H,3-15H2,1-2H3. The summed E-state index contributed by atoms with van der Waals surface area (Å²) >= 11 is 0. The molecule has 1 aliphatic heterocycles. The molecule has 1 N–H and O–H groups in total. The molecule has 1 nitrogen and oxygen atoms in total. The Kier molecular flexibility index (Phi) is 9.65. The second kappa shape index (κ2) is 10.8. The summed E-state index contributed by atoms with van der Waals surface area (Å²) in [5, 5.41) is 3.51. The van der Waals surface area contributed by atoms with Crippen LogP contribution < -0.4 is 5.32 Å². The summed E-state index contributed by atoms with van der Waals surface area (Å²) in [6.45, 7) is 7.17. The third-order valence-electron chi connectivity index (χ3n) is 4.66. The third-order valence-corrected chi connectivity index (χ3v) is 4.66. The van der Waals surface area contributed by atoms with Gasteiger partial charge in [-0.15, -0.1) is 0 Å². The van der Waals surface area contributed by atoms with Crippen molar-refractivity contribution >= 4 is 0 Å². The Morgan fingerprint density at radius 2 is 1.39 bits per heavy atom. The number of hydrogen-bond acceptors (Lipinski definition) is 1. The van der Waals surface area contributed by atoms with Crippen LogP contribution in [0, 0.1) is 11.8 Å². The highest BCUT2D eigenvalue weighted by molar-refractivity contribution is 4.76. The molecule has 1 saturated heterocycles. The average Bonchev–Trinajstić information content (AvgIpc) is 2.42. The fourth-order valence-corrected chi connectivity index (χ4v) is 3.42. The van der Waals surface area contributed by atoms with Gasteiger partial charge in [0.25, 0.3) is 0 Å². The predicted octanol–water partition coefficient (Wildman–Crippen LogP) is 5.15. The van der Waals surface area contributed by atoms with Crippen molar-refractivity contribution in [2.75, 3.05) is 13.1 Å². The molecule has 0 radical (unpaired) electrons. The van der Waals surface area contributed by atoms with Gasteiger partial charge < -0.3 is 5.32 Å². The van der Waals surface area contributed by atoms with Gasteiger partial charge in [0.15, 0.2) is 0 Å². The average molecular weight is 253 g/mol. The van der Waals surface area contributed by atoms with Crippen molar-refractivity contribution in [2.45, 2.75) is 84.5 Å². The summed E-state index contributed by atoms with van der Waals surface area (Å²) in [5.74, 6) is 2.07. The van der Waals surface area contributed by atoms with E-state index in [2.05, 4.69) is 19.2 Å². The fourth-order valence-electron chi connectivity index (χ4n) is 3.42. The van der Waals surface area contributed by atoms with Crippen molar-refractivity contribution in [3.05, 3.63) is 0 Å². The number of hydrogen-bond donors (Lipinski definition) is 1. The molecule has 1 heteroatoms. The van der Waals surface area contributed by atoms with Crippen LogP contribution in [-0.2, 0) is 0 Å². The summed E-state index contributed by atoms with van der Waals surface area (Å²) in [4.78, 5) is 0. The highest BCUT2D eigenvalue weighted by Gasteiger charge is 2.22. The SMILES string of the molecule is CCCCCCC(CCCCC)C1CCNCC1. The minimum Gasteiger partial charge on any atom is -0.317 e. The molecule has 1 unspecified atom stereocenters. The van der Waals surface area contributed by atoms with E-state index in [1.165, 1.54) is 83.7 Å². The molecule has 108 valence electrons. The van der Waals surface area contributed by atoms with E-state index in [1.807, 2.05) is 0 Å². The highest BCUT2D eigenvalue weighted by atomic mass is 14.9. The summed E-state index contributed by atoms with van der Waals surface area (Å²) in [6, 6.07) is 0. The van der Waals surface area contributed by atoms with Gasteiger partial charge in [0.2, 0.25) is 0 Å². The van der Waals surface area contributed by atoms with Crippen molar-refractivity contribution in [2.24, 2.45) is 11.8 Å². The van der Waals surface area contributed by atoms with Crippen LogP contribution in [0.2, 0.25) is 0 Å². The Hall–Kier alpha value is -0.0400. The van der Waals surface area contributed by atoms with E-state index in [1.54, 1.807) is 0 Å². The molecule has 0 saturated carbocycles. The van der Waals surface area contributed by atoms with Gasteiger partial charge in [-0.05, 0) is 37.8 Å². The third kappa shape index (κ3) is 6.78. The second-order valence-corrected chi connectivity index (χ2v) is 6.19. The summed E-state index contributed by atoms with van der Waals surface area (Å²) in [5.41, 5.74) is 0. The summed E-state index contributed by atoms with van der Waals surface area (Å²) in [7, 11) is 0. The minimum absolute atomic E-state index is 1.03. The Morgan fingerprint density at radius 3 is 2.00 bits per heavy atom. The maximum absolute atomic E-state index is 3.51. The Balaban J connectivity index is 2.25. The fraction of sp³-hybridized carbons (Fsp3) is 1.00. The van der Waals surface area contributed by atoms with E-state index in [0.29, 0.717) is 0 Å². The molecular weight excluding hydrogens is 218 g/mol. The van der Waals surface area contributed by atoms with Crippen LogP contribution in [0.15, 0.2) is 0 Å². The highest BCUT2D eigenvalue weighted by Crippen LogP contribution is 2.31. The Morgan fingerprint density at radius 1 is 0.833 bits per heavy atom. The largest absolute Gasteiger partial charge is 0.317 e. The lowest BCUT2D eigenvalue weighted by Gasteiger charge is -2.31. The molecular formula is C17H35N. The van der Waals surface area contributed by atoms with Gasteiger partial charge in [-0.3, -0.25) is 0 Å². The lowest BCUT2D eigenvalue weighted by molar-refractivity contribution is 0.224. The molecule has 0 aromatic heterocycles. The molecule has 0 aliphatic carbocycles. The zero-order valence-electron chi connectivity index (χ0n) is 12.8. The van der Waals surface area contributed by atoms with Crippen molar-refractivity contribution in [3.8, 4) is 0 Å². The van der Waals surface area contributed by atoms with Gasteiger partial charge in [0.1, 0.15) is 0 Å². The van der Waals surface area contributed by atoms with Gasteiger partial charge in [-0.25, -0.2) is 0 Å². The monoisotopic (exact) mass is 253 g/mol. The predicted molar refractivity (Wildman–Crippen MR) is 82.0 cm³/mol. The maximum atomic E-state index is 3.51. The van der Waals surface area contributed by atoms with E-state index in [-0.39, 0.29) is 0 Å². The van der Waals surface area contributed by atoms with Crippen LogP contribution >= 0.6 is 0 Å². The zero-order chi connectivity index (χ0) is 13.1. The molecule has 1 heterocycles. The van der Waals surface area contributed by atoms with Crippen LogP contribution in [0.1, 0.15) is 84.5 Å². The quantitative estimate of drug-likeness (QED) is 0.531. The van der Waals surface area contributed by atoms with Crippen molar-refractivity contribution in [3.63, 3.8) is 0 Å². The van der Waals surface area contributed by atoms with Crippen molar-refractivity contribution < 1.29 is 0 Å². The molecule has 0 spiro atoms. The minimum atomic E-state index is 1.03. The molecule has 1 rings (SSSR count). The van der Waals surface area contributed by atoms with Crippen LogP contribution in [-0.4, -0.2) is 13.1 Å². The summed E-state index contributed by atoms with van der Waals surface area (Å²) in [6.07, 6.45) is 15.9. The first-order valence-corrected chi connectivity index (χ1v) is 8.59. The first-order chi connectivity index (χ1) is 8.88. The van der Waals surface area contributed by atoms with E-state index in [4.69, 9.17) is 0 Å². The smallest absolute Gasteiger partial charge is 0.00462 e. The molecule has 0 aromatic carbocycles. The van der Waals surface area contributed by atoms with E-state index in [9.17, 15) is 0 Å². The zero-order valence-corrected chi connectivity index (χ0v) is 12.8. The molecule has 0 amide bonds. The molecule has 1 fully saturated rings. The molecule has 1 aliphatic rings. The maximum Gasteiger partial charge on any atom is -0.00462 e.